The Morgan fingerprint density at radius 3 is 2.40 bits per heavy atom. The fourth-order valence-electron chi connectivity index (χ4n) is 2.78. The Balaban J connectivity index is 3.86. The normalized spacial score (nSPS) is 16.2. The summed E-state index contributed by atoms with van der Waals surface area (Å²) in [5, 5.41) is 0.289. The standard InChI is InChI=1S/C18H34OS/c1-6-8-10-15(3)13-17(5)14-16(4)11-9-12-18(19)20-7-2/h9,11,15-17H,6-8,10,12-14H2,1-5H3/b11-9+/t15-,16-,17+/m0/s1. The summed E-state index contributed by atoms with van der Waals surface area (Å²) >= 11 is 1.42. The van der Waals surface area contributed by atoms with Gasteiger partial charge in [-0.05, 0) is 36.3 Å². The average molecular weight is 299 g/mol. The van der Waals surface area contributed by atoms with Gasteiger partial charge in [-0.2, -0.15) is 0 Å². The molecular formula is C18H34OS. The van der Waals surface area contributed by atoms with Crippen molar-refractivity contribution in [2.45, 2.75) is 73.1 Å². The highest BCUT2D eigenvalue weighted by molar-refractivity contribution is 8.13. The summed E-state index contributed by atoms with van der Waals surface area (Å²) in [6.45, 7) is 11.3. The van der Waals surface area contributed by atoms with Gasteiger partial charge in [0.25, 0.3) is 0 Å². The molecule has 0 heterocycles. The maximum Gasteiger partial charge on any atom is 0.192 e. The van der Waals surface area contributed by atoms with Crippen LogP contribution in [0.15, 0.2) is 12.2 Å². The van der Waals surface area contributed by atoms with Crippen LogP contribution in [0, 0.1) is 17.8 Å². The maximum absolute atomic E-state index is 11.4. The smallest absolute Gasteiger partial charge is 0.192 e. The predicted octanol–water partition coefficient (Wildman–Crippen LogP) is 6.09. The van der Waals surface area contributed by atoms with Crippen LogP contribution in [0.25, 0.3) is 0 Å². The highest BCUT2D eigenvalue weighted by Gasteiger charge is 2.11. The molecule has 0 bridgehead atoms. The summed E-state index contributed by atoms with van der Waals surface area (Å²) in [5.41, 5.74) is 0. The number of rotatable bonds is 11. The van der Waals surface area contributed by atoms with Crippen molar-refractivity contribution >= 4 is 16.9 Å². The lowest BCUT2D eigenvalue weighted by molar-refractivity contribution is -0.110. The molecule has 0 aromatic heterocycles. The van der Waals surface area contributed by atoms with Gasteiger partial charge < -0.3 is 0 Å². The maximum atomic E-state index is 11.4. The van der Waals surface area contributed by atoms with Gasteiger partial charge in [-0.25, -0.2) is 0 Å². The zero-order valence-electron chi connectivity index (χ0n) is 14.2. The summed E-state index contributed by atoms with van der Waals surface area (Å²) in [4.78, 5) is 11.4. The minimum Gasteiger partial charge on any atom is -0.287 e. The molecule has 0 aromatic rings. The molecule has 0 saturated carbocycles. The molecular weight excluding hydrogens is 264 g/mol. The molecule has 1 nitrogen and oxygen atoms in total. The Bertz CT molecular complexity index is 273. The van der Waals surface area contributed by atoms with E-state index < -0.39 is 0 Å². The summed E-state index contributed by atoms with van der Waals surface area (Å²) in [6, 6.07) is 0. The van der Waals surface area contributed by atoms with E-state index in [2.05, 4.69) is 39.8 Å². The van der Waals surface area contributed by atoms with Gasteiger partial charge in [0.05, 0.1) is 0 Å². The summed E-state index contributed by atoms with van der Waals surface area (Å²) in [6.07, 6.45) is 11.5. The molecule has 0 N–H and O–H groups in total. The molecule has 2 heteroatoms. The molecule has 0 aliphatic carbocycles. The minimum atomic E-state index is 0.289. The van der Waals surface area contributed by atoms with E-state index in [9.17, 15) is 4.79 Å². The van der Waals surface area contributed by atoms with Gasteiger partial charge in [0.15, 0.2) is 5.12 Å². The number of hydrogen-bond acceptors (Lipinski definition) is 2. The van der Waals surface area contributed by atoms with E-state index in [0.717, 1.165) is 17.6 Å². The van der Waals surface area contributed by atoms with Crippen LogP contribution in [0.2, 0.25) is 0 Å². The first-order chi connectivity index (χ1) is 9.49. The Labute approximate surface area is 131 Å². The van der Waals surface area contributed by atoms with E-state index in [-0.39, 0.29) is 5.12 Å². The first-order valence-corrected chi connectivity index (χ1v) is 9.30. The van der Waals surface area contributed by atoms with E-state index in [4.69, 9.17) is 0 Å². The molecule has 0 aromatic carbocycles. The molecule has 0 rings (SSSR count). The Morgan fingerprint density at radius 1 is 1.10 bits per heavy atom. The van der Waals surface area contributed by atoms with Gasteiger partial charge in [-0.15, -0.1) is 0 Å². The zero-order chi connectivity index (χ0) is 15.4. The van der Waals surface area contributed by atoms with Crippen LogP contribution in [-0.4, -0.2) is 10.9 Å². The van der Waals surface area contributed by atoms with Gasteiger partial charge in [-0.3, -0.25) is 4.79 Å². The molecule has 0 saturated heterocycles. The van der Waals surface area contributed by atoms with Crippen LogP contribution < -0.4 is 0 Å². The molecule has 0 aliphatic rings. The first kappa shape index (κ1) is 19.8. The largest absolute Gasteiger partial charge is 0.287 e. The molecule has 118 valence electrons. The molecule has 0 spiro atoms. The van der Waals surface area contributed by atoms with E-state index in [1.807, 2.05) is 6.92 Å². The van der Waals surface area contributed by atoms with Crippen LogP contribution in [0.3, 0.4) is 0 Å². The minimum absolute atomic E-state index is 0.289. The van der Waals surface area contributed by atoms with E-state index in [1.165, 1.54) is 43.9 Å². The molecule has 20 heavy (non-hydrogen) atoms. The molecule has 0 fully saturated rings. The van der Waals surface area contributed by atoms with Crippen molar-refractivity contribution in [2.75, 3.05) is 5.75 Å². The lowest BCUT2D eigenvalue weighted by Gasteiger charge is -2.19. The van der Waals surface area contributed by atoms with Gasteiger partial charge in [-0.1, -0.05) is 77.8 Å². The second-order valence-corrected chi connectivity index (χ2v) is 7.56. The molecule has 0 unspecified atom stereocenters. The molecule has 0 amide bonds. The molecule has 3 atom stereocenters. The fraction of sp³-hybridized carbons (Fsp3) is 0.833. The van der Waals surface area contributed by atoms with Gasteiger partial charge in [0.2, 0.25) is 0 Å². The number of carbonyl (C=O) groups excluding carboxylic acids is 1. The fourth-order valence-corrected chi connectivity index (χ4v) is 3.32. The predicted molar refractivity (Wildman–Crippen MR) is 93.1 cm³/mol. The monoisotopic (exact) mass is 298 g/mol. The number of unbranched alkanes of at least 4 members (excludes halogenated alkanes) is 1. The average Bonchev–Trinajstić information content (AvgIpc) is 2.36. The van der Waals surface area contributed by atoms with E-state index in [1.54, 1.807) is 0 Å². The first-order valence-electron chi connectivity index (χ1n) is 8.31. The lowest BCUT2D eigenvalue weighted by Crippen LogP contribution is -2.06. The van der Waals surface area contributed by atoms with Crippen LogP contribution in [0.1, 0.15) is 73.1 Å². The summed E-state index contributed by atoms with van der Waals surface area (Å²) in [7, 11) is 0. The Morgan fingerprint density at radius 2 is 1.80 bits per heavy atom. The number of thioether (sulfide) groups is 1. The quantitative estimate of drug-likeness (QED) is 0.429. The topological polar surface area (TPSA) is 17.1 Å². The number of carbonyl (C=O) groups is 1. The molecule has 0 aliphatic heterocycles. The van der Waals surface area contributed by atoms with E-state index in [0.29, 0.717) is 12.3 Å². The van der Waals surface area contributed by atoms with Gasteiger partial charge in [0.1, 0.15) is 0 Å². The van der Waals surface area contributed by atoms with Gasteiger partial charge >= 0.3 is 0 Å². The zero-order valence-corrected chi connectivity index (χ0v) is 15.0. The highest BCUT2D eigenvalue weighted by Crippen LogP contribution is 2.23. The van der Waals surface area contributed by atoms with E-state index >= 15 is 0 Å². The number of hydrogen-bond donors (Lipinski definition) is 0. The SMILES string of the molecule is CCCC[C@H](C)C[C@@H](C)C[C@@H](C)/C=C/CC(=O)SCC. The van der Waals surface area contributed by atoms with Crippen molar-refractivity contribution in [3.05, 3.63) is 12.2 Å². The Kier molecular flexibility index (Phi) is 12.3. The molecule has 0 radical (unpaired) electrons. The van der Waals surface area contributed by atoms with Crippen LogP contribution in [0.5, 0.6) is 0 Å². The number of allylic oxidation sites excluding steroid dienone is 2. The van der Waals surface area contributed by atoms with Crippen LogP contribution >= 0.6 is 11.8 Å². The third-order valence-corrected chi connectivity index (χ3v) is 4.46. The Hall–Kier alpha value is -0.240. The second-order valence-electron chi connectivity index (χ2n) is 6.24. The van der Waals surface area contributed by atoms with Crippen molar-refractivity contribution in [2.24, 2.45) is 17.8 Å². The van der Waals surface area contributed by atoms with Gasteiger partial charge in [0, 0.05) is 6.42 Å². The third-order valence-electron chi connectivity index (χ3n) is 3.68. The van der Waals surface area contributed by atoms with Crippen molar-refractivity contribution in [1.82, 2.24) is 0 Å². The van der Waals surface area contributed by atoms with Crippen LogP contribution in [0.4, 0.5) is 0 Å². The van der Waals surface area contributed by atoms with Crippen molar-refractivity contribution in [3.8, 4) is 0 Å². The van der Waals surface area contributed by atoms with Crippen molar-refractivity contribution < 1.29 is 4.79 Å². The summed E-state index contributed by atoms with van der Waals surface area (Å²) < 4.78 is 0. The van der Waals surface area contributed by atoms with Crippen molar-refractivity contribution in [1.29, 1.82) is 0 Å². The van der Waals surface area contributed by atoms with Crippen LogP contribution in [-0.2, 0) is 4.79 Å². The second kappa shape index (κ2) is 12.5. The highest BCUT2D eigenvalue weighted by atomic mass is 32.2. The third kappa shape index (κ3) is 11.6. The van der Waals surface area contributed by atoms with Crippen molar-refractivity contribution in [3.63, 3.8) is 0 Å². The lowest BCUT2D eigenvalue weighted by atomic mass is 9.87. The summed E-state index contributed by atoms with van der Waals surface area (Å²) in [5.74, 6) is 3.10.